The number of phenolic OH excluding ortho intramolecular Hbond substituents is 1. The van der Waals surface area contributed by atoms with Crippen molar-refractivity contribution in [3.05, 3.63) is 46.1 Å². The van der Waals surface area contributed by atoms with Crippen LogP contribution in [0.15, 0.2) is 29.4 Å². The second-order valence-corrected chi connectivity index (χ2v) is 2.89. The van der Waals surface area contributed by atoms with Gasteiger partial charge >= 0.3 is 0 Å². The minimum atomic E-state index is -0.482. The number of phenols is 1. The van der Waals surface area contributed by atoms with Crippen molar-refractivity contribution < 1.29 is 9.50 Å². The molecule has 1 N–H and O–H groups in total. The summed E-state index contributed by atoms with van der Waals surface area (Å²) in [5.41, 5.74) is 8.58. The number of rotatable bonds is 4. The van der Waals surface area contributed by atoms with Crippen molar-refractivity contribution in [2.24, 2.45) is 5.11 Å². The van der Waals surface area contributed by atoms with Crippen LogP contribution in [0, 0.1) is 5.82 Å². The first-order valence-electron chi connectivity index (χ1n) is 4.39. The van der Waals surface area contributed by atoms with E-state index >= 15 is 0 Å². The van der Waals surface area contributed by atoms with Crippen LogP contribution in [0.2, 0.25) is 0 Å². The molecule has 0 aromatic heterocycles. The maximum atomic E-state index is 12.8. The van der Waals surface area contributed by atoms with Gasteiger partial charge in [0.2, 0.25) is 0 Å². The highest BCUT2D eigenvalue weighted by atomic mass is 19.1. The molecule has 0 heterocycles. The van der Waals surface area contributed by atoms with Gasteiger partial charge in [0.25, 0.3) is 0 Å². The van der Waals surface area contributed by atoms with Gasteiger partial charge in [0, 0.05) is 17.5 Å². The predicted octanol–water partition coefficient (Wildman–Crippen LogP) is 3.24. The summed E-state index contributed by atoms with van der Waals surface area (Å²) in [5, 5.41) is 12.4. The Kier molecular flexibility index (Phi) is 4.19. The van der Waals surface area contributed by atoms with Gasteiger partial charge in [-0.1, -0.05) is 17.3 Å². The number of azide groups is 1. The Labute approximate surface area is 86.3 Å². The summed E-state index contributed by atoms with van der Waals surface area (Å²) < 4.78 is 12.8. The lowest BCUT2D eigenvalue weighted by Gasteiger charge is -1.96. The van der Waals surface area contributed by atoms with Gasteiger partial charge in [0.15, 0.2) is 0 Å². The molecule has 0 saturated carbocycles. The van der Waals surface area contributed by atoms with Crippen LogP contribution in [0.4, 0.5) is 4.39 Å². The second kappa shape index (κ2) is 5.67. The molecule has 1 rings (SSSR count). The van der Waals surface area contributed by atoms with Crippen molar-refractivity contribution in [2.75, 3.05) is 6.54 Å². The Balaban J connectivity index is 2.59. The molecule has 0 aliphatic carbocycles. The van der Waals surface area contributed by atoms with Gasteiger partial charge in [-0.15, -0.1) is 0 Å². The summed E-state index contributed by atoms with van der Waals surface area (Å²) >= 11 is 0. The minimum Gasteiger partial charge on any atom is -0.508 e. The van der Waals surface area contributed by atoms with Gasteiger partial charge in [-0.3, -0.25) is 0 Å². The molecule has 0 aliphatic rings. The highest BCUT2D eigenvalue weighted by molar-refractivity contribution is 5.51. The first-order valence-corrected chi connectivity index (χ1v) is 4.39. The van der Waals surface area contributed by atoms with E-state index in [9.17, 15) is 4.39 Å². The quantitative estimate of drug-likeness (QED) is 0.350. The van der Waals surface area contributed by atoms with Crippen molar-refractivity contribution in [2.45, 2.75) is 6.42 Å². The van der Waals surface area contributed by atoms with E-state index < -0.39 is 5.82 Å². The molecule has 4 nitrogen and oxygen atoms in total. The molecule has 0 bridgehead atoms. The number of aromatic hydroxyl groups is 1. The smallest absolute Gasteiger partial charge is 0.127 e. The fourth-order valence-electron chi connectivity index (χ4n) is 1.09. The molecule has 5 heteroatoms. The van der Waals surface area contributed by atoms with Crippen LogP contribution in [0.1, 0.15) is 12.0 Å². The molecule has 0 unspecified atom stereocenters. The van der Waals surface area contributed by atoms with E-state index in [2.05, 4.69) is 10.0 Å². The lowest BCUT2D eigenvalue weighted by atomic mass is 10.2. The van der Waals surface area contributed by atoms with E-state index in [0.29, 0.717) is 18.5 Å². The van der Waals surface area contributed by atoms with Crippen LogP contribution >= 0.6 is 0 Å². The van der Waals surface area contributed by atoms with E-state index in [-0.39, 0.29) is 5.75 Å². The maximum Gasteiger partial charge on any atom is 0.127 e. The van der Waals surface area contributed by atoms with Crippen LogP contribution in [-0.4, -0.2) is 11.7 Å². The van der Waals surface area contributed by atoms with Gasteiger partial charge in [-0.2, -0.15) is 0 Å². The zero-order chi connectivity index (χ0) is 11.1. The van der Waals surface area contributed by atoms with Crippen LogP contribution in [0.25, 0.3) is 16.5 Å². The molecule has 0 radical (unpaired) electrons. The molecular weight excluding hydrogens is 197 g/mol. The highest BCUT2D eigenvalue weighted by Gasteiger charge is 1.95. The Morgan fingerprint density at radius 1 is 1.47 bits per heavy atom. The molecule has 78 valence electrons. The van der Waals surface area contributed by atoms with Crippen molar-refractivity contribution in [1.82, 2.24) is 0 Å². The van der Waals surface area contributed by atoms with Crippen LogP contribution < -0.4 is 0 Å². The molecule has 0 spiro atoms. The summed E-state index contributed by atoms with van der Waals surface area (Å²) in [7, 11) is 0. The van der Waals surface area contributed by atoms with Gasteiger partial charge in [0.1, 0.15) is 11.6 Å². The fraction of sp³-hybridized carbons (Fsp3) is 0.200. The number of hydrogen-bond acceptors (Lipinski definition) is 2. The molecule has 0 amide bonds. The summed E-state index contributed by atoms with van der Waals surface area (Å²) in [4.78, 5) is 2.60. The molecule has 1 aromatic carbocycles. The van der Waals surface area contributed by atoms with Crippen molar-refractivity contribution in [3.8, 4) is 5.75 Å². The van der Waals surface area contributed by atoms with Gasteiger partial charge in [0.05, 0.1) is 0 Å². The van der Waals surface area contributed by atoms with Gasteiger partial charge in [-0.25, -0.2) is 4.39 Å². The zero-order valence-corrected chi connectivity index (χ0v) is 7.97. The van der Waals surface area contributed by atoms with E-state index in [1.165, 1.54) is 12.1 Å². The number of nitrogens with zero attached hydrogens (tertiary/aromatic N) is 3. The lowest BCUT2D eigenvalue weighted by molar-refractivity contribution is 0.469. The summed E-state index contributed by atoms with van der Waals surface area (Å²) in [6.45, 7) is 0.369. The average Bonchev–Trinajstić information content (AvgIpc) is 2.16. The number of halogens is 1. The van der Waals surface area contributed by atoms with E-state index in [1.807, 2.05) is 0 Å². The topological polar surface area (TPSA) is 69.0 Å². The fourth-order valence-corrected chi connectivity index (χ4v) is 1.09. The highest BCUT2D eigenvalue weighted by Crippen LogP contribution is 2.15. The van der Waals surface area contributed by atoms with Crippen LogP contribution in [0.3, 0.4) is 0 Å². The third-order valence-corrected chi connectivity index (χ3v) is 1.67. The Hall–Kier alpha value is -2.00. The van der Waals surface area contributed by atoms with Crippen LogP contribution in [0.5, 0.6) is 5.75 Å². The number of hydrogen-bond donors (Lipinski definition) is 1. The summed E-state index contributed by atoms with van der Waals surface area (Å²) in [6.07, 6.45) is 4.00. The summed E-state index contributed by atoms with van der Waals surface area (Å²) in [5.74, 6) is -0.589. The Bertz CT molecular complexity index is 391. The molecule has 0 aliphatic heterocycles. The SMILES string of the molecule is [N-]=[N+]=NCCC=Cc1cc(O)cc(F)c1. The van der Waals surface area contributed by atoms with Crippen molar-refractivity contribution >= 4 is 6.08 Å². The van der Waals surface area contributed by atoms with Crippen molar-refractivity contribution in [3.63, 3.8) is 0 Å². The predicted molar refractivity (Wildman–Crippen MR) is 55.7 cm³/mol. The van der Waals surface area contributed by atoms with E-state index in [1.54, 1.807) is 12.2 Å². The van der Waals surface area contributed by atoms with E-state index in [4.69, 9.17) is 10.6 Å². The lowest BCUT2D eigenvalue weighted by Crippen LogP contribution is -1.78. The van der Waals surface area contributed by atoms with Gasteiger partial charge in [-0.05, 0) is 29.6 Å². The Morgan fingerprint density at radius 3 is 2.93 bits per heavy atom. The third-order valence-electron chi connectivity index (χ3n) is 1.67. The zero-order valence-electron chi connectivity index (χ0n) is 7.97. The second-order valence-electron chi connectivity index (χ2n) is 2.89. The normalized spacial score (nSPS) is 10.2. The first kappa shape index (κ1) is 11.1. The molecular formula is C10H10FN3O. The minimum absolute atomic E-state index is 0.107. The first-order chi connectivity index (χ1) is 7.22. The third kappa shape index (κ3) is 4.15. The molecule has 0 fully saturated rings. The van der Waals surface area contributed by atoms with Crippen LogP contribution in [-0.2, 0) is 0 Å². The summed E-state index contributed by atoms with van der Waals surface area (Å²) in [6, 6.07) is 3.80. The molecule has 15 heavy (non-hydrogen) atoms. The van der Waals surface area contributed by atoms with E-state index in [0.717, 1.165) is 6.07 Å². The largest absolute Gasteiger partial charge is 0.508 e. The molecule has 0 atom stereocenters. The number of benzene rings is 1. The van der Waals surface area contributed by atoms with Crippen molar-refractivity contribution in [1.29, 1.82) is 0 Å². The monoisotopic (exact) mass is 207 g/mol. The maximum absolute atomic E-state index is 12.8. The standard InChI is InChI=1S/C10H10FN3O/c11-9-5-8(6-10(15)7-9)3-1-2-4-13-14-12/h1,3,5-7,15H,2,4H2. The average molecular weight is 207 g/mol. The molecule has 0 saturated heterocycles. The van der Waals surface area contributed by atoms with Gasteiger partial charge < -0.3 is 5.11 Å². The Morgan fingerprint density at radius 2 is 2.27 bits per heavy atom. The molecule has 1 aromatic rings.